The molecule has 0 aliphatic rings. The Kier molecular flexibility index (Phi) is 3.90. The van der Waals surface area contributed by atoms with Crippen molar-refractivity contribution in [3.05, 3.63) is 47.8 Å². The predicted octanol–water partition coefficient (Wildman–Crippen LogP) is 2.18. The molecule has 18 heavy (non-hydrogen) atoms. The molecule has 0 saturated carbocycles. The van der Waals surface area contributed by atoms with Gasteiger partial charge in [-0.1, -0.05) is 17.1 Å². The van der Waals surface area contributed by atoms with Gasteiger partial charge in [0.05, 0.1) is 26.5 Å². The van der Waals surface area contributed by atoms with Crippen LogP contribution in [0.3, 0.4) is 0 Å². The minimum Gasteiger partial charge on any atom is -0.282 e. The third kappa shape index (κ3) is 2.84. The van der Waals surface area contributed by atoms with E-state index in [1.807, 2.05) is 47.8 Å². The first-order valence-electron chi connectivity index (χ1n) is 5.43. The lowest BCUT2D eigenvalue weighted by molar-refractivity contribution is -0.657. The number of halogens is 1. The molecule has 0 N–H and O–H groups in total. The molecule has 0 unspecified atom stereocenters. The van der Waals surface area contributed by atoms with Crippen LogP contribution in [0.2, 0.25) is 0 Å². The smallest absolute Gasteiger partial charge is 0.282 e. The van der Waals surface area contributed by atoms with E-state index >= 15 is 0 Å². The number of aromatic nitrogens is 2. The Balaban J connectivity index is 2.21. The molecule has 0 aliphatic carbocycles. The van der Waals surface area contributed by atoms with E-state index in [1.165, 1.54) is 0 Å². The highest BCUT2D eigenvalue weighted by atomic mass is 127. The molecule has 0 saturated heterocycles. The van der Waals surface area contributed by atoms with Crippen molar-refractivity contribution in [3.8, 4) is 0 Å². The summed E-state index contributed by atoms with van der Waals surface area (Å²) < 4.78 is 3.93. The van der Waals surface area contributed by atoms with Crippen LogP contribution in [0.1, 0.15) is 15.9 Å². The average Bonchev–Trinajstić information content (AvgIpc) is 2.67. The molecule has 5 heteroatoms. The highest BCUT2D eigenvalue weighted by molar-refractivity contribution is 14.1. The molecule has 1 aromatic carbocycles. The fraction of sp³-hybridized carbons (Fsp3) is 0.154. The molecule has 92 valence electrons. The zero-order valence-electron chi connectivity index (χ0n) is 10.2. The topological polar surface area (TPSA) is 38.2 Å². The number of hydrogen-bond donors (Lipinski definition) is 0. The summed E-state index contributed by atoms with van der Waals surface area (Å²) in [6, 6.07) is 7.39. The lowest BCUT2D eigenvalue weighted by Gasteiger charge is -1.94. The summed E-state index contributed by atoms with van der Waals surface area (Å²) >= 11 is 1.78. The first kappa shape index (κ1) is 12.9. The molecule has 0 aliphatic heterocycles. The highest BCUT2D eigenvalue weighted by Gasteiger charge is 2.08. The number of nitrogens with zero attached hydrogens (tertiary/aromatic N) is 3. The van der Waals surface area contributed by atoms with Gasteiger partial charge in [-0.15, -0.1) is 0 Å². The van der Waals surface area contributed by atoms with Crippen molar-refractivity contribution < 1.29 is 9.36 Å². The average molecular weight is 354 g/mol. The van der Waals surface area contributed by atoms with Crippen LogP contribution in [-0.2, 0) is 14.1 Å². The van der Waals surface area contributed by atoms with Crippen molar-refractivity contribution in [1.82, 2.24) is 4.57 Å². The third-order valence-electron chi connectivity index (χ3n) is 2.61. The fourth-order valence-electron chi connectivity index (χ4n) is 1.60. The summed E-state index contributed by atoms with van der Waals surface area (Å²) in [5, 5.41) is 0. The van der Waals surface area contributed by atoms with E-state index in [0.29, 0.717) is 5.56 Å². The van der Waals surface area contributed by atoms with Crippen LogP contribution >= 0.6 is 22.6 Å². The van der Waals surface area contributed by atoms with E-state index in [-0.39, 0.29) is 3.79 Å². The maximum atomic E-state index is 11.1. The van der Waals surface area contributed by atoms with Gasteiger partial charge in [0.15, 0.2) is 0 Å². The van der Waals surface area contributed by atoms with Gasteiger partial charge in [0.25, 0.3) is 0 Å². The van der Waals surface area contributed by atoms with Crippen LogP contribution in [0.15, 0.2) is 41.7 Å². The number of rotatable bonds is 3. The van der Waals surface area contributed by atoms with Gasteiger partial charge >= 0.3 is 5.95 Å². The van der Waals surface area contributed by atoms with Gasteiger partial charge in [0, 0.05) is 33.7 Å². The molecule has 2 aromatic rings. The van der Waals surface area contributed by atoms with Crippen LogP contribution in [0, 0.1) is 0 Å². The number of carbonyl (C=O) groups excluding carboxylic acids is 1. The van der Waals surface area contributed by atoms with Crippen LogP contribution < -0.4 is 4.57 Å². The summed E-state index contributed by atoms with van der Waals surface area (Å²) in [4.78, 5) is 15.6. The predicted molar refractivity (Wildman–Crippen MR) is 78.6 cm³/mol. The summed E-state index contributed by atoms with van der Waals surface area (Å²) in [5.74, 6) is 0.865. The minimum absolute atomic E-state index is 0.0462. The van der Waals surface area contributed by atoms with Crippen molar-refractivity contribution in [2.45, 2.75) is 0 Å². The van der Waals surface area contributed by atoms with Gasteiger partial charge in [0.2, 0.25) is 3.79 Å². The second-order valence-electron chi connectivity index (χ2n) is 3.97. The number of imidazole rings is 1. The summed E-state index contributed by atoms with van der Waals surface area (Å²) in [6.07, 6.45) is 5.69. The second-order valence-corrected chi connectivity index (χ2v) is 4.95. The van der Waals surface area contributed by atoms with E-state index in [0.717, 1.165) is 11.5 Å². The third-order valence-corrected chi connectivity index (χ3v) is 3.23. The van der Waals surface area contributed by atoms with Crippen molar-refractivity contribution in [3.63, 3.8) is 0 Å². The molecule has 0 bridgehead atoms. The second kappa shape index (κ2) is 5.43. The maximum Gasteiger partial charge on any atom is 0.398 e. The molecule has 0 spiro atoms. The van der Waals surface area contributed by atoms with Gasteiger partial charge in [-0.05, 0) is 12.1 Å². The van der Waals surface area contributed by atoms with E-state index in [1.54, 1.807) is 40.9 Å². The first-order valence-corrected chi connectivity index (χ1v) is 6.51. The SMILES string of the molecule is Cn1cc[n+](C)c1N=Cc1ccc(C(=O)I)cc1. The molecule has 0 amide bonds. The number of aliphatic imine (C=N–C) groups is 1. The molecule has 1 heterocycles. The normalized spacial score (nSPS) is 11.1. The van der Waals surface area contributed by atoms with Crippen LogP contribution in [0.5, 0.6) is 0 Å². The Morgan fingerprint density at radius 3 is 2.56 bits per heavy atom. The maximum absolute atomic E-state index is 11.1. The number of aryl methyl sites for hydroxylation is 2. The van der Waals surface area contributed by atoms with Crippen LogP contribution in [0.25, 0.3) is 0 Å². The Labute approximate surface area is 119 Å². The van der Waals surface area contributed by atoms with E-state index in [4.69, 9.17) is 0 Å². The minimum atomic E-state index is 0.0462. The van der Waals surface area contributed by atoms with Crippen LogP contribution in [0.4, 0.5) is 5.95 Å². The number of benzene rings is 1. The van der Waals surface area contributed by atoms with Crippen molar-refractivity contribution in [1.29, 1.82) is 0 Å². The van der Waals surface area contributed by atoms with Crippen molar-refractivity contribution in [2.75, 3.05) is 0 Å². The van der Waals surface area contributed by atoms with E-state index < -0.39 is 0 Å². The molecule has 0 atom stereocenters. The Morgan fingerprint density at radius 1 is 1.39 bits per heavy atom. The first-order chi connectivity index (χ1) is 8.58. The van der Waals surface area contributed by atoms with Crippen LogP contribution in [-0.4, -0.2) is 14.6 Å². The molecule has 4 nitrogen and oxygen atoms in total. The number of hydrogen-bond acceptors (Lipinski definition) is 2. The van der Waals surface area contributed by atoms with Gasteiger partial charge in [-0.3, -0.25) is 4.79 Å². The number of carbonyl (C=O) groups is 1. The molecule has 2 rings (SSSR count). The summed E-state index contributed by atoms with van der Waals surface area (Å²) in [6.45, 7) is 0. The van der Waals surface area contributed by atoms with Gasteiger partial charge in [0.1, 0.15) is 6.21 Å². The zero-order chi connectivity index (χ0) is 13.1. The quantitative estimate of drug-likeness (QED) is 0.360. The largest absolute Gasteiger partial charge is 0.398 e. The van der Waals surface area contributed by atoms with Gasteiger partial charge in [-0.25, -0.2) is 9.13 Å². The molecule has 0 fully saturated rings. The van der Waals surface area contributed by atoms with Gasteiger partial charge < -0.3 is 0 Å². The molecular weight excluding hydrogens is 341 g/mol. The summed E-state index contributed by atoms with van der Waals surface area (Å²) in [7, 11) is 3.90. The Morgan fingerprint density at radius 2 is 2.06 bits per heavy atom. The highest BCUT2D eigenvalue weighted by Crippen LogP contribution is 2.08. The van der Waals surface area contributed by atoms with Crippen molar-refractivity contribution >= 4 is 38.5 Å². The molecule has 1 aromatic heterocycles. The lowest BCUT2D eigenvalue weighted by Crippen LogP contribution is -2.25. The van der Waals surface area contributed by atoms with Crippen molar-refractivity contribution in [2.24, 2.45) is 19.1 Å². The standard InChI is InChI=1S/C13H13IN3O/c1-16-7-8-17(2)13(16)15-9-10-3-5-11(6-4-10)12(14)18/h3-9H,1-2H3/q+1. The monoisotopic (exact) mass is 354 g/mol. The molecular formula is C13H13IN3O+. The van der Waals surface area contributed by atoms with E-state index in [9.17, 15) is 4.79 Å². The Bertz CT molecular complexity index is 580. The summed E-state index contributed by atoms with van der Waals surface area (Å²) in [5.41, 5.74) is 1.68. The van der Waals surface area contributed by atoms with Gasteiger partial charge in [-0.2, -0.15) is 0 Å². The van der Waals surface area contributed by atoms with E-state index in [2.05, 4.69) is 4.99 Å². The molecule has 0 radical (unpaired) electrons. The fourth-order valence-corrected chi connectivity index (χ4v) is 1.96. The Hall–Kier alpha value is -1.50. The zero-order valence-corrected chi connectivity index (χ0v) is 12.3. The lowest BCUT2D eigenvalue weighted by atomic mass is 10.2.